The van der Waals surface area contributed by atoms with Crippen molar-refractivity contribution in [3.05, 3.63) is 36.8 Å². The molecule has 0 aliphatic heterocycles. The Bertz CT molecular complexity index is 914. The third-order valence-electron chi connectivity index (χ3n) is 11.7. The van der Waals surface area contributed by atoms with E-state index in [9.17, 15) is 18.1 Å². The van der Waals surface area contributed by atoms with Gasteiger partial charge in [0.05, 0.1) is 15.9 Å². The molecule has 0 heterocycles. The Kier molecular flexibility index (Phi) is 42.4. The van der Waals surface area contributed by atoms with Gasteiger partial charge in [-0.1, -0.05) is 233 Å². The largest absolute Gasteiger partial charge is 0.748 e. The van der Waals surface area contributed by atoms with Gasteiger partial charge in [-0.3, -0.25) is 0 Å². The number of allylic oxidation sites excluding steroid dienone is 3. The van der Waals surface area contributed by atoms with Gasteiger partial charge in [-0.05, 0) is 56.8 Å². The third-order valence-corrected chi connectivity index (χ3v) is 12.5. The lowest BCUT2D eigenvalue weighted by atomic mass is 10.0. The molecule has 0 aromatic heterocycles. The zero-order chi connectivity index (χ0) is 41.8. The van der Waals surface area contributed by atoms with Gasteiger partial charge in [0.15, 0.2) is 0 Å². The minimum atomic E-state index is -4.53. The predicted octanol–water partition coefficient (Wildman–Crippen LogP) is 16.5. The first kappa shape index (κ1) is 56.0. The van der Waals surface area contributed by atoms with E-state index in [1.807, 2.05) is 0 Å². The highest BCUT2D eigenvalue weighted by Gasteiger charge is 2.25. The van der Waals surface area contributed by atoms with Crippen molar-refractivity contribution in [2.45, 2.75) is 277 Å². The molecule has 0 aromatic rings. The average molecular weight is 822 g/mol. The smallest absolute Gasteiger partial charge is 0.119 e. The van der Waals surface area contributed by atoms with Crippen LogP contribution >= 0.6 is 0 Å². The summed E-state index contributed by atoms with van der Waals surface area (Å²) in [7, 11) is -4.53. The van der Waals surface area contributed by atoms with Gasteiger partial charge in [0.25, 0.3) is 0 Å². The fourth-order valence-electron chi connectivity index (χ4n) is 8.11. The maximum absolute atomic E-state index is 11.6. The topological polar surface area (TPSA) is 77.4 Å². The van der Waals surface area contributed by atoms with E-state index in [1.54, 1.807) is 0 Å². The Morgan fingerprint density at radius 2 is 0.614 bits per heavy atom. The zero-order valence-electron chi connectivity index (χ0n) is 38.6. The summed E-state index contributed by atoms with van der Waals surface area (Å²) < 4.78 is 35.2. The van der Waals surface area contributed by atoms with Crippen molar-refractivity contribution in [2.75, 3.05) is 12.3 Å². The van der Waals surface area contributed by atoms with Crippen molar-refractivity contribution in [3.63, 3.8) is 0 Å². The molecule has 0 bridgehead atoms. The predicted molar refractivity (Wildman–Crippen MR) is 250 cm³/mol. The van der Waals surface area contributed by atoms with Crippen LogP contribution in [0.2, 0.25) is 0 Å². The molecule has 0 spiro atoms. The second-order valence-electron chi connectivity index (χ2n) is 17.7. The van der Waals surface area contributed by atoms with Crippen LogP contribution in [0, 0.1) is 0 Å². The van der Waals surface area contributed by atoms with Crippen molar-refractivity contribution in [1.82, 2.24) is 0 Å². The summed E-state index contributed by atoms with van der Waals surface area (Å²) in [5.41, 5.74) is 0. The van der Waals surface area contributed by atoms with Gasteiger partial charge in [-0.15, -0.1) is 0 Å². The normalized spacial score (nSPS) is 13.3. The van der Waals surface area contributed by atoms with E-state index in [-0.39, 0.29) is 11.0 Å². The molecule has 57 heavy (non-hydrogen) atoms. The van der Waals surface area contributed by atoms with Crippen molar-refractivity contribution >= 4 is 10.1 Å². The summed E-state index contributed by atoms with van der Waals surface area (Å²) in [6.45, 7) is 6.98. The summed E-state index contributed by atoms with van der Waals surface area (Å²) in [6.07, 6.45) is 62.5. The molecule has 0 aliphatic carbocycles. The Morgan fingerprint density at radius 1 is 0.404 bits per heavy atom. The minimum Gasteiger partial charge on any atom is -0.748 e. The van der Waals surface area contributed by atoms with E-state index in [1.165, 1.54) is 212 Å². The number of hydrogen-bond acceptors (Lipinski definition) is 4. The Hall–Kier alpha value is -0.950. The fraction of sp³-hybridized carbons (Fsp3) is 0.882. The molecular formula is C51H99NO4S. The SMILES string of the molecule is CCCCCCCCCCCCCC/C=C/[N+](/C=C/CCCCCCCCCCCCCC)(/C=C/CCCCCCCCCCCCCC)CC(O)CS(=O)(=O)[O-]. The molecule has 5 nitrogen and oxygen atoms in total. The van der Waals surface area contributed by atoms with E-state index in [4.69, 9.17) is 0 Å². The Morgan fingerprint density at radius 3 is 0.825 bits per heavy atom. The molecule has 0 rings (SSSR count). The Balaban J connectivity index is 5.11. The number of unbranched alkanes of at least 4 members (excludes halogenated alkanes) is 36. The van der Waals surface area contributed by atoms with Crippen molar-refractivity contribution in [1.29, 1.82) is 0 Å². The highest BCUT2D eigenvalue weighted by Crippen LogP contribution is 2.20. The molecule has 1 unspecified atom stereocenters. The number of rotatable bonds is 46. The van der Waals surface area contributed by atoms with Gasteiger partial charge in [-0.2, -0.15) is 0 Å². The number of quaternary nitrogens is 1. The molecule has 0 fully saturated rings. The standard InChI is InChI=1S/C51H99NO4S/c1-4-7-10-13-16-19-22-25-28-31-34-37-40-43-46-52(49-51(53)50-57(54,55)56,47-44-41-38-35-32-29-26-23-20-17-14-11-8-5-2)48-45-42-39-36-33-30-27-24-21-18-15-12-9-6-3/h43-48,51,53H,4-42,49-50H2,1-3H3/b46-43+,47-44+,48-45+. The van der Waals surface area contributed by atoms with Crippen LogP contribution in [0.25, 0.3) is 0 Å². The summed E-state index contributed by atoms with van der Waals surface area (Å²) >= 11 is 0. The lowest BCUT2D eigenvalue weighted by Gasteiger charge is -2.29. The summed E-state index contributed by atoms with van der Waals surface area (Å²) in [5, 5.41) is 10.9. The third kappa shape index (κ3) is 43.0. The van der Waals surface area contributed by atoms with Crippen molar-refractivity contribution in [3.8, 4) is 0 Å². The highest BCUT2D eigenvalue weighted by molar-refractivity contribution is 7.85. The minimum absolute atomic E-state index is 0.153. The van der Waals surface area contributed by atoms with Crippen LogP contribution in [0.3, 0.4) is 0 Å². The maximum atomic E-state index is 11.6. The molecule has 0 amide bonds. The monoisotopic (exact) mass is 822 g/mol. The lowest BCUT2D eigenvalue weighted by molar-refractivity contribution is -0.777. The van der Waals surface area contributed by atoms with E-state index >= 15 is 0 Å². The van der Waals surface area contributed by atoms with Crippen LogP contribution in [-0.2, 0) is 10.1 Å². The van der Waals surface area contributed by atoms with Gasteiger partial charge >= 0.3 is 0 Å². The van der Waals surface area contributed by atoms with Crippen molar-refractivity contribution in [2.24, 2.45) is 0 Å². The highest BCUT2D eigenvalue weighted by atomic mass is 32.2. The van der Waals surface area contributed by atoms with Gasteiger partial charge in [0.1, 0.15) is 31.2 Å². The second kappa shape index (κ2) is 43.1. The van der Waals surface area contributed by atoms with Crippen LogP contribution < -0.4 is 0 Å². The van der Waals surface area contributed by atoms with Crippen LogP contribution in [0.4, 0.5) is 0 Å². The zero-order valence-corrected chi connectivity index (χ0v) is 39.4. The van der Waals surface area contributed by atoms with Crippen molar-refractivity contribution < 1.29 is 22.6 Å². The molecule has 1 N–H and O–H groups in total. The van der Waals surface area contributed by atoms with E-state index in [0.29, 0.717) is 0 Å². The summed E-state index contributed by atoms with van der Waals surface area (Å²) in [4.78, 5) is 0. The molecular weight excluding hydrogens is 723 g/mol. The Labute approximate surface area is 357 Å². The molecule has 338 valence electrons. The first-order valence-corrected chi connectivity index (χ1v) is 26.9. The quantitative estimate of drug-likeness (QED) is 0.0377. The van der Waals surface area contributed by atoms with E-state index < -0.39 is 22.0 Å². The lowest BCUT2D eigenvalue weighted by Crippen LogP contribution is -2.41. The molecule has 0 saturated carbocycles. The first-order chi connectivity index (χ1) is 27.8. The summed E-state index contributed by atoms with van der Waals surface area (Å²) in [6, 6.07) is 0. The number of hydrogen-bond donors (Lipinski definition) is 1. The molecule has 1 atom stereocenters. The first-order valence-electron chi connectivity index (χ1n) is 25.3. The average Bonchev–Trinajstić information content (AvgIpc) is 3.17. The number of aliphatic hydroxyl groups is 1. The van der Waals surface area contributed by atoms with Gasteiger partial charge in [0, 0.05) is 0 Å². The maximum Gasteiger partial charge on any atom is 0.119 e. The van der Waals surface area contributed by atoms with E-state index in [0.717, 1.165) is 38.5 Å². The molecule has 0 aliphatic rings. The van der Waals surface area contributed by atoms with Gasteiger partial charge in [-0.25, -0.2) is 12.9 Å². The van der Waals surface area contributed by atoms with E-state index in [2.05, 4.69) is 57.6 Å². The van der Waals surface area contributed by atoms with Crippen LogP contribution in [0.15, 0.2) is 36.8 Å². The number of aliphatic hydroxyl groups excluding tert-OH is 1. The van der Waals surface area contributed by atoms with Crippen LogP contribution in [0.1, 0.15) is 271 Å². The summed E-state index contributed by atoms with van der Waals surface area (Å²) in [5.74, 6) is -0.751. The van der Waals surface area contributed by atoms with Crippen LogP contribution in [-0.4, -0.2) is 41.0 Å². The molecule has 0 saturated heterocycles. The van der Waals surface area contributed by atoms with Gasteiger partial charge < -0.3 is 9.66 Å². The fourth-order valence-corrected chi connectivity index (χ4v) is 8.68. The molecule has 6 heteroatoms. The molecule has 0 radical (unpaired) electrons. The molecule has 0 aromatic carbocycles. The van der Waals surface area contributed by atoms with Crippen LogP contribution in [0.5, 0.6) is 0 Å². The number of nitrogens with zero attached hydrogens (tertiary/aromatic N) is 1. The van der Waals surface area contributed by atoms with Gasteiger partial charge in [0.2, 0.25) is 0 Å². The second-order valence-corrected chi connectivity index (χ2v) is 19.2.